The maximum atomic E-state index is 13.3. The molecule has 0 aliphatic carbocycles. The van der Waals surface area contributed by atoms with Crippen LogP contribution in [0.25, 0.3) is 0 Å². The van der Waals surface area contributed by atoms with Crippen molar-refractivity contribution in [2.75, 3.05) is 16.8 Å². The second-order valence-electron chi connectivity index (χ2n) is 6.69. The van der Waals surface area contributed by atoms with Gasteiger partial charge in [0.05, 0.1) is 18.3 Å². The van der Waals surface area contributed by atoms with E-state index in [-0.39, 0.29) is 24.3 Å². The fourth-order valence-corrected chi connectivity index (χ4v) is 3.23. The number of carbonyl (C=O) groups is 1. The standard InChI is InChI=1S/C20H17F3N4O/c1-12-11-26(16-5-2-13(21)3-6-16)20(28)19-9-15(25-27(12)19)10-24-14-4-7-17(22)18(23)8-14/h2-9,12,24H,10-11H2,1H3/t12-/m1/s1. The van der Waals surface area contributed by atoms with Gasteiger partial charge in [-0.1, -0.05) is 0 Å². The smallest absolute Gasteiger partial charge is 0.276 e. The summed E-state index contributed by atoms with van der Waals surface area (Å²) in [6.07, 6.45) is 0. The molecule has 1 amide bonds. The van der Waals surface area contributed by atoms with Crippen molar-refractivity contribution in [2.45, 2.75) is 19.5 Å². The maximum Gasteiger partial charge on any atom is 0.276 e. The van der Waals surface area contributed by atoms with E-state index in [1.165, 1.54) is 18.2 Å². The number of fused-ring (bicyclic) bond motifs is 1. The molecule has 2 heterocycles. The first-order valence-electron chi connectivity index (χ1n) is 8.77. The summed E-state index contributed by atoms with van der Waals surface area (Å²) < 4.78 is 41.2. The van der Waals surface area contributed by atoms with Crippen LogP contribution in [0, 0.1) is 17.5 Å². The van der Waals surface area contributed by atoms with Gasteiger partial charge in [0, 0.05) is 24.0 Å². The largest absolute Gasteiger partial charge is 0.379 e. The summed E-state index contributed by atoms with van der Waals surface area (Å²) in [5.41, 5.74) is 2.05. The Morgan fingerprint density at radius 1 is 1.07 bits per heavy atom. The molecular formula is C20H17F3N4O. The van der Waals surface area contributed by atoms with Gasteiger partial charge >= 0.3 is 0 Å². The Kier molecular flexibility index (Phi) is 4.54. The van der Waals surface area contributed by atoms with E-state index in [9.17, 15) is 18.0 Å². The third kappa shape index (κ3) is 3.33. The molecule has 5 nitrogen and oxygen atoms in total. The summed E-state index contributed by atoms with van der Waals surface area (Å²) in [6, 6.07) is 10.9. The maximum absolute atomic E-state index is 13.3. The number of hydrogen-bond acceptors (Lipinski definition) is 3. The van der Waals surface area contributed by atoms with Crippen LogP contribution < -0.4 is 10.2 Å². The van der Waals surface area contributed by atoms with Gasteiger partial charge in [0.25, 0.3) is 5.91 Å². The Bertz CT molecular complexity index is 1030. The molecule has 0 unspecified atom stereocenters. The molecule has 1 aliphatic rings. The van der Waals surface area contributed by atoms with E-state index in [1.54, 1.807) is 27.8 Å². The van der Waals surface area contributed by atoms with Crippen LogP contribution in [0.1, 0.15) is 29.1 Å². The SMILES string of the molecule is C[C@@H]1CN(c2ccc(F)cc2)C(=O)c2cc(CNc3ccc(F)c(F)c3)nn21. The first-order valence-corrected chi connectivity index (χ1v) is 8.77. The van der Waals surface area contributed by atoms with E-state index >= 15 is 0 Å². The molecule has 0 fully saturated rings. The van der Waals surface area contributed by atoms with Crippen LogP contribution in [0.3, 0.4) is 0 Å². The third-order valence-corrected chi connectivity index (χ3v) is 4.65. The van der Waals surface area contributed by atoms with E-state index in [0.717, 1.165) is 12.1 Å². The van der Waals surface area contributed by atoms with Crippen molar-refractivity contribution >= 4 is 17.3 Å². The first kappa shape index (κ1) is 18.1. The monoisotopic (exact) mass is 386 g/mol. The molecule has 28 heavy (non-hydrogen) atoms. The van der Waals surface area contributed by atoms with Crippen molar-refractivity contribution in [2.24, 2.45) is 0 Å². The molecule has 1 atom stereocenters. The minimum atomic E-state index is -0.937. The van der Waals surface area contributed by atoms with E-state index in [1.807, 2.05) is 6.92 Å². The average Bonchev–Trinajstić information content (AvgIpc) is 3.12. The Labute approximate surface area is 159 Å². The molecule has 2 aromatic carbocycles. The van der Waals surface area contributed by atoms with Gasteiger partial charge in [-0.05, 0) is 49.4 Å². The molecular weight excluding hydrogens is 369 g/mol. The van der Waals surface area contributed by atoms with Crippen LogP contribution in [0.4, 0.5) is 24.5 Å². The van der Waals surface area contributed by atoms with Gasteiger partial charge in [-0.25, -0.2) is 13.2 Å². The number of halogens is 3. The van der Waals surface area contributed by atoms with Crippen LogP contribution in [0.2, 0.25) is 0 Å². The number of anilines is 2. The number of benzene rings is 2. The lowest BCUT2D eigenvalue weighted by Crippen LogP contribution is -2.42. The van der Waals surface area contributed by atoms with Crippen molar-refractivity contribution < 1.29 is 18.0 Å². The molecule has 1 aromatic heterocycles. The highest BCUT2D eigenvalue weighted by Crippen LogP contribution is 2.27. The second kappa shape index (κ2) is 7.03. The minimum absolute atomic E-state index is 0.0743. The van der Waals surface area contributed by atoms with Crippen LogP contribution >= 0.6 is 0 Å². The van der Waals surface area contributed by atoms with Crippen LogP contribution in [-0.4, -0.2) is 22.2 Å². The normalized spacial score (nSPS) is 16.2. The molecule has 3 aromatic rings. The van der Waals surface area contributed by atoms with E-state index in [0.29, 0.717) is 29.3 Å². The fraction of sp³-hybridized carbons (Fsp3) is 0.200. The number of amides is 1. The summed E-state index contributed by atoms with van der Waals surface area (Å²) in [5, 5.41) is 7.43. The molecule has 0 radical (unpaired) electrons. The Morgan fingerprint density at radius 2 is 1.82 bits per heavy atom. The van der Waals surface area contributed by atoms with Gasteiger partial charge in [-0.15, -0.1) is 0 Å². The quantitative estimate of drug-likeness (QED) is 0.733. The van der Waals surface area contributed by atoms with Crippen LogP contribution in [0.5, 0.6) is 0 Å². The van der Waals surface area contributed by atoms with Crippen molar-refractivity contribution in [3.05, 3.63) is 77.4 Å². The molecule has 0 bridgehead atoms. The zero-order valence-electron chi connectivity index (χ0n) is 15.0. The van der Waals surface area contributed by atoms with Crippen molar-refractivity contribution in [1.82, 2.24) is 9.78 Å². The number of carbonyl (C=O) groups excluding carboxylic acids is 1. The third-order valence-electron chi connectivity index (χ3n) is 4.65. The highest BCUT2D eigenvalue weighted by atomic mass is 19.2. The van der Waals surface area contributed by atoms with E-state index in [2.05, 4.69) is 10.4 Å². The van der Waals surface area contributed by atoms with Gasteiger partial charge < -0.3 is 10.2 Å². The summed E-state index contributed by atoms with van der Waals surface area (Å²) in [6.45, 7) is 2.60. The lowest BCUT2D eigenvalue weighted by molar-refractivity contribution is 0.0953. The Morgan fingerprint density at radius 3 is 2.54 bits per heavy atom. The number of rotatable bonds is 4. The van der Waals surface area contributed by atoms with Crippen LogP contribution in [-0.2, 0) is 6.54 Å². The zero-order chi connectivity index (χ0) is 19.8. The zero-order valence-corrected chi connectivity index (χ0v) is 15.0. The lowest BCUT2D eigenvalue weighted by Gasteiger charge is -2.31. The second-order valence-corrected chi connectivity index (χ2v) is 6.69. The van der Waals surface area contributed by atoms with Gasteiger partial charge in [0.15, 0.2) is 11.6 Å². The minimum Gasteiger partial charge on any atom is -0.379 e. The van der Waals surface area contributed by atoms with Crippen molar-refractivity contribution in [3.8, 4) is 0 Å². The molecule has 0 saturated heterocycles. The molecule has 4 rings (SSSR count). The van der Waals surface area contributed by atoms with Gasteiger partial charge in [-0.3, -0.25) is 9.48 Å². The molecule has 1 aliphatic heterocycles. The topological polar surface area (TPSA) is 50.2 Å². The number of nitrogens with one attached hydrogen (secondary N) is 1. The lowest BCUT2D eigenvalue weighted by atomic mass is 10.1. The molecule has 144 valence electrons. The molecule has 8 heteroatoms. The summed E-state index contributed by atoms with van der Waals surface area (Å²) in [7, 11) is 0. The number of hydrogen-bond donors (Lipinski definition) is 1. The van der Waals surface area contributed by atoms with Gasteiger partial charge in [0.1, 0.15) is 11.5 Å². The summed E-state index contributed by atoms with van der Waals surface area (Å²) in [5.74, 6) is -2.44. The summed E-state index contributed by atoms with van der Waals surface area (Å²) >= 11 is 0. The molecule has 1 N–H and O–H groups in total. The predicted octanol–water partition coefficient (Wildman–Crippen LogP) is 4.13. The average molecular weight is 386 g/mol. The summed E-state index contributed by atoms with van der Waals surface area (Å²) in [4.78, 5) is 14.5. The van der Waals surface area contributed by atoms with Crippen molar-refractivity contribution in [3.63, 3.8) is 0 Å². The number of nitrogens with zero attached hydrogens (tertiary/aromatic N) is 3. The Hall–Kier alpha value is -3.29. The van der Waals surface area contributed by atoms with E-state index in [4.69, 9.17) is 0 Å². The fourth-order valence-electron chi connectivity index (χ4n) is 3.23. The highest BCUT2D eigenvalue weighted by Gasteiger charge is 2.31. The Balaban J connectivity index is 1.54. The number of aromatic nitrogens is 2. The van der Waals surface area contributed by atoms with Crippen LogP contribution in [0.15, 0.2) is 48.5 Å². The van der Waals surface area contributed by atoms with E-state index < -0.39 is 11.6 Å². The first-order chi connectivity index (χ1) is 13.4. The molecule has 0 spiro atoms. The van der Waals surface area contributed by atoms with Crippen molar-refractivity contribution in [1.29, 1.82) is 0 Å². The van der Waals surface area contributed by atoms with Gasteiger partial charge in [0.2, 0.25) is 0 Å². The predicted molar refractivity (Wildman–Crippen MR) is 98.7 cm³/mol. The molecule has 0 saturated carbocycles. The highest BCUT2D eigenvalue weighted by molar-refractivity contribution is 6.05. The van der Waals surface area contributed by atoms with Gasteiger partial charge in [-0.2, -0.15) is 5.10 Å².